The average molecular weight is 399 g/mol. The molecule has 0 aliphatic carbocycles. The van der Waals surface area contributed by atoms with E-state index >= 15 is 4.39 Å². The number of piperazine rings is 1. The van der Waals surface area contributed by atoms with E-state index in [9.17, 15) is 9.59 Å². The molecule has 0 amide bonds. The van der Waals surface area contributed by atoms with Crippen molar-refractivity contribution in [2.45, 2.75) is 45.8 Å². The number of hydrogen-bond acceptors (Lipinski definition) is 5. The summed E-state index contributed by atoms with van der Waals surface area (Å²) in [6.07, 6.45) is 5.40. The number of anilines is 1. The van der Waals surface area contributed by atoms with E-state index in [1.54, 1.807) is 13.1 Å². The first-order chi connectivity index (χ1) is 13.8. The first kappa shape index (κ1) is 19.6. The highest BCUT2D eigenvalue weighted by Gasteiger charge is 2.30. The number of nitrogens with one attached hydrogen (secondary N) is 1. The van der Waals surface area contributed by atoms with Crippen LogP contribution >= 0.6 is 0 Å². The number of halogens is 1. The lowest BCUT2D eigenvalue weighted by molar-refractivity contribution is 0.0524. The highest BCUT2D eigenvalue weighted by Crippen LogP contribution is 2.38. The number of ether oxygens (including phenoxy) is 1. The van der Waals surface area contributed by atoms with Gasteiger partial charge in [0.15, 0.2) is 0 Å². The summed E-state index contributed by atoms with van der Waals surface area (Å²) in [6, 6.07) is 1.55. The standard InChI is InChI=1S/C22H26FN3O3/c1-5-29-22(28)17-11-26-13(3)6-7-15-19(26)16(21(17)27)8-18(23)20(15)25-10-12(2)24-9-14(25)4/h6-8,11-14,24H,5,9-10H2,1-4H3. The van der Waals surface area contributed by atoms with E-state index in [-0.39, 0.29) is 35.7 Å². The largest absolute Gasteiger partial charge is 0.462 e. The van der Waals surface area contributed by atoms with E-state index in [1.807, 2.05) is 23.6 Å². The lowest BCUT2D eigenvalue weighted by Gasteiger charge is -2.40. The molecule has 4 rings (SSSR count). The summed E-state index contributed by atoms with van der Waals surface area (Å²) in [7, 11) is 0. The molecule has 3 unspecified atom stereocenters. The molecular formula is C22H26FN3O3. The third-order valence-electron chi connectivity index (χ3n) is 5.81. The second kappa shape index (κ2) is 7.30. The van der Waals surface area contributed by atoms with Gasteiger partial charge in [-0.3, -0.25) is 4.79 Å². The van der Waals surface area contributed by atoms with Gasteiger partial charge in [-0.05, 0) is 33.8 Å². The van der Waals surface area contributed by atoms with Crippen LogP contribution in [0.2, 0.25) is 0 Å². The lowest BCUT2D eigenvalue weighted by atomic mass is 9.97. The van der Waals surface area contributed by atoms with Crippen molar-refractivity contribution in [2.24, 2.45) is 0 Å². The minimum atomic E-state index is -0.680. The lowest BCUT2D eigenvalue weighted by Crippen LogP contribution is -2.55. The third kappa shape index (κ3) is 3.13. The second-order valence-electron chi connectivity index (χ2n) is 7.93. The highest BCUT2D eigenvalue weighted by atomic mass is 19.1. The van der Waals surface area contributed by atoms with Crippen molar-refractivity contribution >= 4 is 28.6 Å². The van der Waals surface area contributed by atoms with Crippen LogP contribution in [-0.4, -0.2) is 42.3 Å². The Bertz CT molecular complexity index is 1080. The normalized spacial score (nSPS) is 23.5. The first-order valence-corrected chi connectivity index (χ1v) is 10.1. The molecule has 2 aromatic rings. The molecule has 154 valence electrons. The Morgan fingerprint density at radius 1 is 1.34 bits per heavy atom. The van der Waals surface area contributed by atoms with Gasteiger partial charge in [-0.25, -0.2) is 9.18 Å². The van der Waals surface area contributed by atoms with Crippen LogP contribution in [0.15, 0.2) is 23.1 Å². The van der Waals surface area contributed by atoms with E-state index in [1.165, 1.54) is 6.07 Å². The van der Waals surface area contributed by atoms with Crippen LogP contribution in [0, 0.1) is 5.82 Å². The van der Waals surface area contributed by atoms with Gasteiger partial charge in [-0.1, -0.05) is 12.2 Å². The van der Waals surface area contributed by atoms with Crippen LogP contribution in [0.5, 0.6) is 0 Å². The Balaban J connectivity index is 2.00. The quantitative estimate of drug-likeness (QED) is 0.804. The molecule has 1 aromatic heterocycles. The van der Waals surface area contributed by atoms with E-state index < -0.39 is 17.2 Å². The van der Waals surface area contributed by atoms with Crippen LogP contribution in [0.1, 0.15) is 49.7 Å². The predicted molar refractivity (Wildman–Crippen MR) is 112 cm³/mol. The number of hydrogen-bond donors (Lipinski definition) is 1. The van der Waals surface area contributed by atoms with Crippen molar-refractivity contribution in [1.29, 1.82) is 0 Å². The van der Waals surface area contributed by atoms with E-state index in [0.717, 1.165) is 6.54 Å². The van der Waals surface area contributed by atoms with Crippen molar-refractivity contribution in [3.8, 4) is 0 Å². The number of aromatic nitrogens is 1. The molecule has 1 fully saturated rings. The van der Waals surface area contributed by atoms with Crippen LogP contribution in [0.25, 0.3) is 17.0 Å². The van der Waals surface area contributed by atoms with Crippen LogP contribution in [0.4, 0.5) is 10.1 Å². The number of benzene rings is 1. The predicted octanol–water partition coefficient (Wildman–Crippen LogP) is 3.09. The molecule has 1 saturated heterocycles. The van der Waals surface area contributed by atoms with Crippen LogP contribution < -0.4 is 15.6 Å². The fourth-order valence-corrected chi connectivity index (χ4v) is 4.29. The topological polar surface area (TPSA) is 63.6 Å². The molecule has 2 aliphatic rings. The first-order valence-electron chi connectivity index (χ1n) is 10.1. The fraction of sp³-hybridized carbons (Fsp3) is 0.455. The zero-order chi connectivity index (χ0) is 20.9. The summed E-state index contributed by atoms with van der Waals surface area (Å²) in [5.74, 6) is -1.13. The van der Waals surface area contributed by atoms with Gasteiger partial charge in [0.25, 0.3) is 0 Å². The second-order valence-corrected chi connectivity index (χ2v) is 7.93. The van der Waals surface area contributed by atoms with Gasteiger partial charge >= 0.3 is 5.97 Å². The molecule has 7 heteroatoms. The van der Waals surface area contributed by atoms with Crippen LogP contribution in [0.3, 0.4) is 0 Å². The monoisotopic (exact) mass is 399 g/mol. The number of pyridine rings is 1. The van der Waals surface area contributed by atoms with Gasteiger partial charge in [0, 0.05) is 43.0 Å². The number of nitrogens with zero attached hydrogens (tertiary/aromatic N) is 2. The van der Waals surface area contributed by atoms with Gasteiger partial charge in [0.05, 0.1) is 23.2 Å². The molecular weight excluding hydrogens is 373 g/mol. The molecule has 0 spiro atoms. The minimum absolute atomic E-state index is 0.0660. The summed E-state index contributed by atoms with van der Waals surface area (Å²) in [5, 5.41) is 3.62. The van der Waals surface area contributed by atoms with Gasteiger partial charge < -0.3 is 19.5 Å². The van der Waals surface area contributed by atoms with Crippen molar-refractivity contribution in [3.63, 3.8) is 0 Å². The van der Waals surface area contributed by atoms with Gasteiger partial charge in [-0.15, -0.1) is 0 Å². The fourth-order valence-electron chi connectivity index (χ4n) is 4.29. The zero-order valence-corrected chi connectivity index (χ0v) is 17.2. The van der Waals surface area contributed by atoms with Crippen molar-refractivity contribution in [2.75, 3.05) is 24.6 Å². The van der Waals surface area contributed by atoms with Gasteiger partial charge in [0.1, 0.15) is 11.4 Å². The number of carbonyl (C=O) groups is 1. The Hall–Kier alpha value is -2.67. The van der Waals surface area contributed by atoms with E-state index in [4.69, 9.17) is 4.74 Å². The summed E-state index contributed by atoms with van der Waals surface area (Å²) in [6.45, 7) is 9.38. The number of esters is 1. The molecule has 0 radical (unpaired) electrons. The van der Waals surface area contributed by atoms with Crippen LogP contribution in [-0.2, 0) is 4.74 Å². The number of carbonyl (C=O) groups excluding carboxylic acids is 1. The average Bonchev–Trinajstić information content (AvgIpc) is 2.68. The molecule has 1 N–H and O–H groups in total. The SMILES string of the molecule is CCOC(=O)c1cn2c3c(c(N4CC(C)NCC4C)c(F)cc3c1=O)C=CC2C. The molecule has 1 aromatic carbocycles. The molecule has 29 heavy (non-hydrogen) atoms. The Kier molecular flexibility index (Phi) is 4.94. The summed E-state index contributed by atoms with van der Waals surface area (Å²) < 4.78 is 22.3. The molecule has 2 aliphatic heterocycles. The number of rotatable bonds is 3. The smallest absolute Gasteiger partial charge is 0.343 e. The molecule has 3 heterocycles. The van der Waals surface area contributed by atoms with Gasteiger partial charge in [-0.2, -0.15) is 0 Å². The minimum Gasteiger partial charge on any atom is -0.462 e. The summed E-state index contributed by atoms with van der Waals surface area (Å²) in [5.41, 5.74) is 1.30. The Morgan fingerprint density at radius 2 is 2.10 bits per heavy atom. The Labute approximate surface area is 168 Å². The maximum absolute atomic E-state index is 15.4. The zero-order valence-electron chi connectivity index (χ0n) is 17.2. The van der Waals surface area contributed by atoms with E-state index in [2.05, 4.69) is 24.1 Å². The molecule has 0 saturated carbocycles. The molecule has 3 atom stereocenters. The summed E-state index contributed by atoms with van der Waals surface area (Å²) in [4.78, 5) is 27.4. The van der Waals surface area contributed by atoms with Crippen molar-refractivity contribution < 1.29 is 13.9 Å². The highest BCUT2D eigenvalue weighted by molar-refractivity contribution is 5.99. The third-order valence-corrected chi connectivity index (χ3v) is 5.81. The molecule has 0 bridgehead atoms. The maximum atomic E-state index is 15.4. The van der Waals surface area contributed by atoms with Crippen molar-refractivity contribution in [1.82, 2.24) is 9.88 Å². The van der Waals surface area contributed by atoms with Gasteiger partial charge in [0.2, 0.25) is 5.43 Å². The number of allylic oxidation sites excluding steroid dienone is 1. The molecule has 6 nitrogen and oxygen atoms in total. The van der Waals surface area contributed by atoms with E-state index in [0.29, 0.717) is 23.3 Å². The summed E-state index contributed by atoms with van der Waals surface area (Å²) >= 11 is 0. The maximum Gasteiger partial charge on any atom is 0.343 e. The Morgan fingerprint density at radius 3 is 2.83 bits per heavy atom. The van der Waals surface area contributed by atoms with Crippen molar-refractivity contribution in [3.05, 3.63) is 45.5 Å².